The first kappa shape index (κ1) is 21.8. The average Bonchev–Trinajstić information content (AvgIpc) is 3.46. The Labute approximate surface area is 194 Å². The van der Waals surface area contributed by atoms with Gasteiger partial charge >= 0.3 is 0 Å². The summed E-state index contributed by atoms with van der Waals surface area (Å²) in [6.45, 7) is 7.91. The second-order valence-electron chi connectivity index (χ2n) is 9.13. The number of nitrogens with zero attached hydrogens (tertiary/aromatic N) is 4. The van der Waals surface area contributed by atoms with Crippen molar-refractivity contribution in [3.05, 3.63) is 70.8 Å². The van der Waals surface area contributed by atoms with E-state index in [0.29, 0.717) is 29.8 Å². The van der Waals surface area contributed by atoms with Gasteiger partial charge in [0.15, 0.2) is 0 Å². The summed E-state index contributed by atoms with van der Waals surface area (Å²) in [6, 6.07) is 14.4. The number of carbonyl (C=O) groups excluding carboxylic acids is 3. The Balaban J connectivity index is 1.21. The van der Waals surface area contributed by atoms with Crippen molar-refractivity contribution in [2.24, 2.45) is 0 Å². The smallest absolute Gasteiger partial charge is 0.261 e. The molecule has 3 aliphatic heterocycles. The van der Waals surface area contributed by atoms with Gasteiger partial charge in [-0.05, 0) is 49.7 Å². The lowest BCUT2D eigenvalue weighted by atomic mass is 10.0. The van der Waals surface area contributed by atoms with E-state index >= 15 is 0 Å². The van der Waals surface area contributed by atoms with Crippen LogP contribution < -0.4 is 0 Å². The molecule has 172 valence electrons. The van der Waals surface area contributed by atoms with Crippen molar-refractivity contribution in [1.82, 2.24) is 19.6 Å². The molecule has 0 saturated carbocycles. The molecule has 0 N–H and O–H groups in total. The zero-order valence-electron chi connectivity index (χ0n) is 18.9. The van der Waals surface area contributed by atoms with Gasteiger partial charge < -0.3 is 9.80 Å². The van der Waals surface area contributed by atoms with Crippen LogP contribution >= 0.6 is 0 Å². The number of imide groups is 1. The van der Waals surface area contributed by atoms with E-state index in [1.807, 2.05) is 35.2 Å². The molecule has 0 bridgehead atoms. The molecule has 0 aliphatic carbocycles. The number of amides is 3. The van der Waals surface area contributed by atoms with Gasteiger partial charge in [0, 0.05) is 44.8 Å². The fraction of sp³-hybridized carbons (Fsp3) is 0.423. The van der Waals surface area contributed by atoms with E-state index in [-0.39, 0.29) is 24.3 Å². The summed E-state index contributed by atoms with van der Waals surface area (Å²) < 4.78 is 0. The molecule has 5 rings (SSSR count). The van der Waals surface area contributed by atoms with E-state index in [4.69, 9.17) is 0 Å². The van der Waals surface area contributed by atoms with E-state index in [1.54, 1.807) is 18.2 Å². The third-order valence-electron chi connectivity index (χ3n) is 6.99. The molecule has 0 aromatic heterocycles. The van der Waals surface area contributed by atoms with Crippen LogP contribution in [0.5, 0.6) is 0 Å². The van der Waals surface area contributed by atoms with Crippen molar-refractivity contribution in [2.75, 3.05) is 52.4 Å². The zero-order chi connectivity index (χ0) is 22.8. The molecule has 0 spiro atoms. The Bertz CT molecular complexity index is 1040. The van der Waals surface area contributed by atoms with E-state index < -0.39 is 0 Å². The van der Waals surface area contributed by atoms with Crippen molar-refractivity contribution in [1.29, 1.82) is 0 Å². The maximum atomic E-state index is 13.1. The number of likely N-dealkylation sites (tertiary alicyclic amines) is 1. The second kappa shape index (κ2) is 9.45. The minimum absolute atomic E-state index is 0.0706. The largest absolute Gasteiger partial charge is 0.336 e. The predicted octanol–water partition coefficient (Wildman–Crippen LogP) is 2.34. The van der Waals surface area contributed by atoms with E-state index in [0.717, 1.165) is 31.7 Å². The van der Waals surface area contributed by atoms with Gasteiger partial charge in [-0.15, -0.1) is 0 Å². The Morgan fingerprint density at radius 2 is 1.36 bits per heavy atom. The minimum atomic E-state index is -0.333. The summed E-state index contributed by atoms with van der Waals surface area (Å²) >= 11 is 0. The molecule has 2 aromatic rings. The molecule has 2 fully saturated rings. The molecule has 3 amide bonds. The molecule has 0 radical (unpaired) electrons. The Morgan fingerprint density at radius 3 is 2.06 bits per heavy atom. The van der Waals surface area contributed by atoms with Crippen molar-refractivity contribution in [2.45, 2.75) is 19.4 Å². The van der Waals surface area contributed by atoms with Crippen LogP contribution in [-0.4, -0.2) is 89.7 Å². The van der Waals surface area contributed by atoms with Gasteiger partial charge in [0.25, 0.3) is 17.7 Å². The summed E-state index contributed by atoms with van der Waals surface area (Å²) in [5.41, 5.74) is 2.07. The lowest BCUT2D eigenvalue weighted by molar-refractivity contribution is 0.0624. The van der Waals surface area contributed by atoms with Crippen LogP contribution in [0.4, 0.5) is 0 Å². The zero-order valence-corrected chi connectivity index (χ0v) is 18.9. The van der Waals surface area contributed by atoms with Gasteiger partial charge in [-0.3, -0.25) is 24.2 Å². The van der Waals surface area contributed by atoms with E-state index in [1.165, 1.54) is 30.8 Å². The highest BCUT2D eigenvalue weighted by atomic mass is 16.2. The molecule has 2 aromatic carbocycles. The predicted molar refractivity (Wildman–Crippen MR) is 125 cm³/mol. The number of benzene rings is 2. The van der Waals surface area contributed by atoms with Crippen LogP contribution in [0.15, 0.2) is 48.5 Å². The van der Waals surface area contributed by atoms with Crippen molar-refractivity contribution in [3.63, 3.8) is 0 Å². The number of rotatable bonds is 6. The first-order chi connectivity index (χ1) is 16.1. The van der Waals surface area contributed by atoms with Crippen molar-refractivity contribution >= 4 is 17.7 Å². The fourth-order valence-electron chi connectivity index (χ4n) is 4.98. The monoisotopic (exact) mass is 446 g/mol. The van der Waals surface area contributed by atoms with E-state index in [9.17, 15) is 14.4 Å². The summed E-state index contributed by atoms with van der Waals surface area (Å²) in [6.07, 6.45) is 2.61. The summed E-state index contributed by atoms with van der Waals surface area (Å²) in [5.74, 6) is -0.705. The third kappa shape index (κ3) is 4.56. The second-order valence-corrected chi connectivity index (χ2v) is 9.13. The minimum Gasteiger partial charge on any atom is -0.336 e. The summed E-state index contributed by atoms with van der Waals surface area (Å²) in [4.78, 5) is 46.9. The molecule has 3 heterocycles. The maximum absolute atomic E-state index is 13.1. The Hall–Kier alpha value is -3.03. The number of fused-ring (bicyclic) bond motifs is 1. The Kier molecular flexibility index (Phi) is 6.24. The Morgan fingerprint density at radius 1 is 0.727 bits per heavy atom. The first-order valence-corrected chi connectivity index (χ1v) is 11.9. The van der Waals surface area contributed by atoms with Gasteiger partial charge in [-0.1, -0.05) is 30.3 Å². The molecule has 0 unspecified atom stereocenters. The van der Waals surface area contributed by atoms with Crippen LogP contribution in [0.2, 0.25) is 0 Å². The topological polar surface area (TPSA) is 64.2 Å². The normalized spacial score (nSPS) is 19.4. The third-order valence-corrected chi connectivity index (χ3v) is 6.99. The van der Waals surface area contributed by atoms with Crippen LogP contribution in [0.3, 0.4) is 0 Å². The number of piperazine rings is 1. The SMILES string of the molecule is O=C(c1ccc2c(c1)C(=O)N(Cc1ccccc1)C2=O)N1CCN(CCN2CCCC2)CC1. The molecule has 7 nitrogen and oxygen atoms in total. The molecule has 2 saturated heterocycles. The van der Waals surface area contributed by atoms with Crippen LogP contribution in [-0.2, 0) is 6.54 Å². The van der Waals surface area contributed by atoms with Gasteiger partial charge in [0.1, 0.15) is 0 Å². The first-order valence-electron chi connectivity index (χ1n) is 11.9. The van der Waals surface area contributed by atoms with Crippen molar-refractivity contribution in [3.8, 4) is 0 Å². The quantitative estimate of drug-likeness (QED) is 0.638. The fourth-order valence-corrected chi connectivity index (χ4v) is 4.98. The summed E-state index contributed by atoms with van der Waals surface area (Å²) in [7, 11) is 0. The highest BCUT2D eigenvalue weighted by molar-refractivity contribution is 6.22. The van der Waals surface area contributed by atoms with Crippen LogP contribution in [0.25, 0.3) is 0 Å². The van der Waals surface area contributed by atoms with Gasteiger partial charge in [-0.2, -0.15) is 0 Å². The number of carbonyl (C=O) groups is 3. The maximum Gasteiger partial charge on any atom is 0.261 e. The lowest BCUT2D eigenvalue weighted by Crippen LogP contribution is -2.50. The molecular weight excluding hydrogens is 416 g/mol. The highest BCUT2D eigenvalue weighted by Gasteiger charge is 2.36. The van der Waals surface area contributed by atoms with Crippen molar-refractivity contribution < 1.29 is 14.4 Å². The van der Waals surface area contributed by atoms with Crippen LogP contribution in [0.1, 0.15) is 49.5 Å². The standard InChI is InChI=1S/C26H30N4O3/c31-24(29-16-14-28(15-17-29)13-12-27-10-4-5-11-27)21-8-9-22-23(18-21)26(33)30(25(22)32)19-20-6-2-1-3-7-20/h1-3,6-9,18H,4-5,10-17,19H2. The van der Waals surface area contributed by atoms with Gasteiger partial charge in [0.2, 0.25) is 0 Å². The molecule has 0 atom stereocenters. The molecule has 33 heavy (non-hydrogen) atoms. The van der Waals surface area contributed by atoms with Gasteiger partial charge in [-0.25, -0.2) is 0 Å². The summed E-state index contributed by atoms with van der Waals surface area (Å²) in [5, 5.41) is 0. The highest BCUT2D eigenvalue weighted by Crippen LogP contribution is 2.26. The molecule has 3 aliphatic rings. The molecular formula is C26H30N4O3. The van der Waals surface area contributed by atoms with Gasteiger partial charge in [0.05, 0.1) is 17.7 Å². The number of hydrogen-bond donors (Lipinski definition) is 0. The lowest BCUT2D eigenvalue weighted by Gasteiger charge is -2.35. The number of hydrogen-bond acceptors (Lipinski definition) is 5. The average molecular weight is 447 g/mol. The molecule has 7 heteroatoms. The van der Waals surface area contributed by atoms with E-state index in [2.05, 4.69) is 9.80 Å². The van der Waals surface area contributed by atoms with Crippen LogP contribution in [0, 0.1) is 0 Å².